The van der Waals surface area contributed by atoms with Crippen LogP contribution in [0.15, 0.2) is 48.5 Å². The molecule has 4 rings (SSSR count). The summed E-state index contributed by atoms with van der Waals surface area (Å²) >= 11 is 0. The van der Waals surface area contributed by atoms with Crippen molar-refractivity contribution in [3.05, 3.63) is 83.2 Å². The minimum atomic E-state index is -1.66. The molecule has 0 saturated heterocycles. The Kier molecular flexibility index (Phi) is 9.23. The highest BCUT2D eigenvalue weighted by Crippen LogP contribution is 2.38. The molecule has 0 aliphatic heterocycles. The molecule has 1 fully saturated rings. The van der Waals surface area contributed by atoms with E-state index in [1.54, 1.807) is 12.1 Å². The highest BCUT2D eigenvalue weighted by molar-refractivity contribution is 5.71. The zero-order chi connectivity index (χ0) is 26.4. The molecule has 0 bridgehead atoms. The molecule has 0 radical (unpaired) electrons. The summed E-state index contributed by atoms with van der Waals surface area (Å²) in [4.78, 5) is 0. The lowest BCUT2D eigenvalue weighted by atomic mass is 9.78. The number of rotatable bonds is 10. The number of hydrogen-bond acceptors (Lipinski definition) is 1. The van der Waals surface area contributed by atoms with Crippen molar-refractivity contribution < 1.29 is 26.7 Å². The summed E-state index contributed by atoms with van der Waals surface area (Å²) in [5.41, 5.74) is 1.94. The standard InChI is InChI=1S/C31H33F5O/c1-2-3-4-5-20-6-8-21(9-7-20)10-11-22-12-14-23(15-13-22)25-16-17-26(32)30(36)31(25)37-24-18-27(33)29(35)28(34)19-24/h12-21H,2-11H2,1H3/t20-,21-. The molecule has 0 heterocycles. The van der Waals surface area contributed by atoms with Crippen LogP contribution in [0.4, 0.5) is 22.0 Å². The largest absolute Gasteiger partial charge is 0.453 e. The van der Waals surface area contributed by atoms with Crippen LogP contribution in [-0.2, 0) is 6.42 Å². The van der Waals surface area contributed by atoms with Gasteiger partial charge >= 0.3 is 0 Å². The van der Waals surface area contributed by atoms with E-state index >= 15 is 0 Å². The molecule has 1 aliphatic rings. The molecule has 0 aromatic heterocycles. The first-order valence-corrected chi connectivity index (χ1v) is 13.3. The Balaban J connectivity index is 1.41. The Morgan fingerprint density at radius 2 is 1.32 bits per heavy atom. The second-order valence-electron chi connectivity index (χ2n) is 10.2. The van der Waals surface area contributed by atoms with E-state index in [2.05, 4.69) is 6.92 Å². The minimum absolute atomic E-state index is 0.219. The zero-order valence-electron chi connectivity index (χ0n) is 21.1. The molecule has 0 N–H and O–H groups in total. The van der Waals surface area contributed by atoms with Crippen LogP contribution in [0.3, 0.4) is 0 Å². The van der Waals surface area contributed by atoms with Gasteiger partial charge in [0.25, 0.3) is 0 Å². The average Bonchev–Trinajstić information content (AvgIpc) is 2.90. The monoisotopic (exact) mass is 516 g/mol. The van der Waals surface area contributed by atoms with Gasteiger partial charge in [-0.3, -0.25) is 0 Å². The molecular weight excluding hydrogens is 483 g/mol. The molecule has 3 aromatic carbocycles. The van der Waals surface area contributed by atoms with Gasteiger partial charge in [-0.15, -0.1) is 0 Å². The average molecular weight is 517 g/mol. The molecule has 1 nitrogen and oxygen atoms in total. The Morgan fingerprint density at radius 3 is 1.95 bits per heavy atom. The summed E-state index contributed by atoms with van der Waals surface area (Å²) in [5, 5.41) is 0. The number of benzene rings is 3. The second kappa shape index (κ2) is 12.6. The van der Waals surface area contributed by atoms with E-state index in [1.807, 2.05) is 12.1 Å². The number of ether oxygens (including phenoxy) is 1. The van der Waals surface area contributed by atoms with Gasteiger partial charge in [-0.05, 0) is 47.9 Å². The summed E-state index contributed by atoms with van der Waals surface area (Å²) in [7, 11) is 0. The van der Waals surface area contributed by atoms with Crippen molar-refractivity contribution in [2.75, 3.05) is 0 Å². The van der Waals surface area contributed by atoms with E-state index in [0.717, 1.165) is 36.3 Å². The van der Waals surface area contributed by atoms with Crippen molar-refractivity contribution in [3.8, 4) is 22.6 Å². The summed E-state index contributed by atoms with van der Waals surface area (Å²) in [6.07, 6.45) is 12.6. The predicted octanol–water partition coefficient (Wildman–Crippen LogP) is 10.2. The van der Waals surface area contributed by atoms with Gasteiger partial charge in [0.1, 0.15) is 5.75 Å². The van der Waals surface area contributed by atoms with Crippen molar-refractivity contribution in [1.29, 1.82) is 0 Å². The van der Waals surface area contributed by atoms with Gasteiger partial charge in [0, 0.05) is 17.7 Å². The van der Waals surface area contributed by atoms with Crippen LogP contribution >= 0.6 is 0 Å². The van der Waals surface area contributed by atoms with Crippen molar-refractivity contribution in [2.45, 2.75) is 71.1 Å². The fourth-order valence-electron chi connectivity index (χ4n) is 5.28. The SMILES string of the molecule is CCCCC[C@H]1CC[C@H](CCc2ccc(-c3ccc(F)c(F)c3Oc3cc(F)c(F)c(F)c3)cc2)CC1. The zero-order valence-corrected chi connectivity index (χ0v) is 21.1. The lowest BCUT2D eigenvalue weighted by Gasteiger charge is -2.28. The molecule has 198 valence electrons. The molecule has 37 heavy (non-hydrogen) atoms. The van der Waals surface area contributed by atoms with Crippen molar-refractivity contribution in [3.63, 3.8) is 0 Å². The lowest BCUT2D eigenvalue weighted by Crippen LogP contribution is -2.15. The predicted molar refractivity (Wildman–Crippen MR) is 136 cm³/mol. The van der Waals surface area contributed by atoms with Gasteiger partial charge in [-0.1, -0.05) is 82.6 Å². The summed E-state index contributed by atoms with van der Waals surface area (Å²) in [5.74, 6) is -6.46. The first kappa shape index (κ1) is 27.2. The lowest BCUT2D eigenvalue weighted by molar-refractivity contribution is 0.249. The Bertz CT molecular complexity index is 1160. The smallest absolute Gasteiger partial charge is 0.201 e. The molecule has 1 saturated carbocycles. The van der Waals surface area contributed by atoms with Crippen LogP contribution in [0, 0.1) is 40.9 Å². The van der Waals surface area contributed by atoms with Gasteiger partial charge in [0.05, 0.1) is 0 Å². The van der Waals surface area contributed by atoms with Crippen LogP contribution in [-0.4, -0.2) is 0 Å². The van der Waals surface area contributed by atoms with E-state index in [0.29, 0.717) is 17.7 Å². The van der Waals surface area contributed by atoms with Crippen molar-refractivity contribution in [1.82, 2.24) is 0 Å². The van der Waals surface area contributed by atoms with Gasteiger partial charge in [0.15, 0.2) is 29.0 Å². The second-order valence-corrected chi connectivity index (χ2v) is 10.2. The fourth-order valence-corrected chi connectivity index (χ4v) is 5.28. The Hall–Kier alpha value is -2.89. The van der Waals surface area contributed by atoms with E-state index in [-0.39, 0.29) is 5.56 Å². The van der Waals surface area contributed by atoms with E-state index in [1.165, 1.54) is 57.4 Å². The molecule has 0 unspecified atom stereocenters. The highest BCUT2D eigenvalue weighted by Gasteiger charge is 2.22. The highest BCUT2D eigenvalue weighted by atomic mass is 19.2. The Labute approximate surface area is 215 Å². The van der Waals surface area contributed by atoms with E-state index in [4.69, 9.17) is 4.74 Å². The third-order valence-electron chi connectivity index (χ3n) is 7.52. The number of aryl methyl sites for hydroxylation is 1. The molecule has 0 atom stereocenters. The van der Waals surface area contributed by atoms with Crippen molar-refractivity contribution in [2.24, 2.45) is 11.8 Å². The normalized spacial score (nSPS) is 17.7. The molecule has 0 spiro atoms. The number of halogens is 5. The molecule has 1 aliphatic carbocycles. The molecule has 6 heteroatoms. The maximum atomic E-state index is 14.7. The van der Waals surface area contributed by atoms with Gasteiger partial charge in [-0.25, -0.2) is 17.6 Å². The summed E-state index contributed by atoms with van der Waals surface area (Å²) < 4.78 is 74.5. The van der Waals surface area contributed by atoms with Crippen LogP contribution in [0.1, 0.15) is 70.3 Å². The maximum absolute atomic E-state index is 14.7. The van der Waals surface area contributed by atoms with E-state index in [9.17, 15) is 22.0 Å². The molecular formula is C31H33F5O. The maximum Gasteiger partial charge on any atom is 0.201 e. The van der Waals surface area contributed by atoms with Crippen LogP contribution in [0.2, 0.25) is 0 Å². The van der Waals surface area contributed by atoms with Crippen LogP contribution in [0.25, 0.3) is 11.1 Å². The van der Waals surface area contributed by atoms with Crippen LogP contribution < -0.4 is 4.74 Å². The third kappa shape index (κ3) is 6.91. The van der Waals surface area contributed by atoms with E-state index < -0.39 is 40.6 Å². The Morgan fingerprint density at radius 1 is 0.703 bits per heavy atom. The number of hydrogen-bond donors (Lipinski definition) is 0. The van der Waals surface area contributed by atoms with Crippen LogP contribution in [0.5, 0.6) is 11.5 Å². The minimum Gasteiger partial charge on any atom is -0.453 e. The topological polar surface area (TPSA) is 9.23 Å². The third-order valence-corrected chi connectivity index (χ3v) is 7.52. The molecule has 3 aromatic rings. The van der Waals surface area contributed by atoms with Gasteiger partial charge < -0.3 is 4.74 Å². The van der Waals surface area contributed by atoms with Crippen molar-refractivity contribution >= 4 is 0 Å². The quantitative estimate of drug-likeness (QED) is 0.148. The number of unbranched alkanes of at least 4 members (excludes halogenated alkanes) is 2. The summed E-state index contributed by atoms with van der Waals surface area (Å²) in [6, 6.07) is 11.0. The van der Waals surface area contributed by atoms with Gasteiger partial charge in [-0.2, -0.15) is 4.39 Å². The first-order valence-electron chi connectivity index (χ1n) is 13.3. The molecule has 0 amide bonds. The van der Waals surface area contributed by atoms with Gasteiger partial charge in [0.2, 0.25) is 5.82 Å². The first-order chi connectivity index (χ1) is 17.9. The summed E-state index contributed by atoms with van der Waals surface area (Å²) in [6.45, 7) is 2.24. The fraction of sp³-hybridized carbons (Fsp3) is 0.419.